The molecule has 0 saturated heterocycles. The number of anilines is 1. The lowest BCUT2D eigenvalue weighted by atomic mass is 9.91. The number of hydrogen-bond acceptors (Lipinski definition) is 5. The van der Waals surface area contributed by atoms with Crippen LogP contribution in [0.2, 0.25) is 0 Å². The van der Waals surface area contributed by atoms with E-state index in [1.807, 2.05) is 24.3 Å². The Morgan fingerprint density at radius 2 is 1.96 bits per heavy atom. The lowest BCUT2D eigenvalue weighted by molar-refractivity contribution is -0.140. The Kier molecular flexibility index (Phi) is 4.66. The predicted molar refractivity (Wildman–Crippen MR) is 111 cm³/mol. The summed E-state index contributed by atoms with van der Waals surface area (Å²) in [5.41, 5.74) is 5.42. The van der Waals surface area contributed by atoms with Gasteiger partial charge in [0.25, 0.3) is 11.8 Å². The average molecular weight is 511 g/mol. The van der Waals surface area contributed by atoms with Crippen LogP contribution in [0.1, 0.15) is 11.1 Å². The summed E-state index contributed by atoms with van der Waals surface area (Å²) in [4.78, 5) is 30.8. The molecule has 138 valence electrons. The topological polar surface area (TPSA) is 96.0 Å². The van der Waals surface area contributed by atoms with Crippen LogP contribution in [0.5, 0.6) is 0 Å². The maximum Gasteiger partial charge on any atom is 0.265 e. The molecule has 6 nitrogen and oxygen atoms in total. The van der Waals surface area contributed by atoms with Gasteiger partial charge in [-0.1, -0.05) is 61.8 Å². The molecule has 4 rings (SSSR count). The summed E-state index contributed by atoms with van der Waals surface area (Å²) in [5, 5.41) is 10.4. The summed E-state index contributed by atoms with van der Waals surface area (Å²) in [5.74, 6) is -1.18. The van der Waals surface area contributed by atoms with E-state index in [1.165, 1.54) is 4.90 Å². The van der Waals surface area contributed by atoms with Crippen LogP contribution < -0.4 is 10.6 Å². The Bertz CT molecular complexity index is 1010. The summed E-state index contributed by atoms with van der Waals surface area (Å²) in [7, 11) is 0. The first-order chi connectivity index (χ1) is 12.8. The second-order valence-electron chi connectivity index (χ2n) is 6.20. The highest BCUT2D eigenvalue weighted by atomic mass is 79.9. The van der Waals surface area contributed by atoms with Gasteiger partial charge in [0.15, 0.2) is 10.8 Å². The van der Waals surface area contributed by atoms with Crippen LogP contribution >= 0.6 is 43.6 Å². The number of carbonyl (C=O) groups is 2. The van der Waals surface area contributed by atoms with Gasteiger partial charge < -0.3 is 15.7 Å². The molecule has 0 saturated carbocycles. The van der Waals surface area contributed by atoms with Crippen LogP contribution in [0.3, 0.4) is 0 Å². The van der Waals surface area contributed by atoms with E-state index in [9.17, 15) is 14.7 Å². The number of carbonyl (C=O) groups excluding carboxylic acids is 2. The third kappa shape index (κ3) is 2.93. The highest BCUT2D eigenvalue weighted by molar-refractivity contribution is 9.10. The Morgan fingerprint density at radius 1 is 1.22 bits per heavy atom. The molecule has 0 radical (unpaired) electrons. The highest BCUT2D eigenvalue weighted by Crippen LogP contribution is 2.48. The van der Waals surface area contributed by atoms with Crippen molar-refractivity contribution >= 4 is 66.3 Å². The van der Waals surface area contributed by atoms with Gasteiger partial charge in [-0.2, -0.15) is 4.99 Å². The van der Waals surface area contributed by atoms with Crippen LogP contribution in [-0.4, -0.2) is 27.3 Å². The molecule has 2 heterocycles. The normalized spacial score (nSPS) is 24.3. The number of aliphatic hydroxyl groups is 1. The zero-order valence-corrected chi connectivity index (χ0v) is 17.7. The summed E-state index contributed by atoms with van der Waals surface area (Å²) in [6.07, 6.45) is 0. The van der Waals surface area contributed by atoms with E-state index in [1.54, 1.807) is 18.2 Å². The van der Waals surface area contributed by atoms with Crippen molar-refractivity contribution in [3.8, 4) is 0 Å². The molecule has 27 heavy (non-hydrogen) atoms. The summed E-state index contributed by atoms with van der Waals surface area (Å²) >= 11 is 7.77. The molecule has 0 bridgehead atoms. The lowest BCUT2D eigenvalue weighted by Crippen LogP contribution is -2.49. The first-order valence-corrected chi connectivity index (χ1v) is 10.4. The van der Waals surface area contributed by atoms with E-state index in [0.29, 0.717) is 15.7 Å². The smallest absolute Gasteiger partial charge is 0.265 e. The van der Waals surface area contributed by atoms with E-state index < -0.39 is 22.7 Å². The molecule has 0 fully saturated rings. The molecule has 3 N–H and O–H groups in total. The molecule has 0 aliphatic carbocycles. The minimum atomic E-state index is -2.03. The van der Waals surface area contributed by atoms with Crippen molar-refractivity contribution in [3.63, 3.8) is 0 Å². The molecule has 2 aliphatic rings. The van der Waals surface area contributed by atoms with Gasteiger partial charge in [0.2, 0.25) is 0 Å². The molecule has 0 spiro atoms. The van der Waals surface area contributed by atoms with Crippen molar-refractivity contribution in [3.05, 3.63) is 62.5 Å². The number of hydrogen-bond donors (Lipinski definition) is 2. The number of amides is 2. The SMILES string of the molecule is NC1=NC(=O)C(C2(O)C(=O)N(Cc3ccccc3Br)c3ccc(Br)cc32)S1. The number of halogens is 2. The summed E-state index contributed by atoms with van der Waals surface area (Å²) < 4.78 is 1.55. The van der Waals surface area contributed by atoms with Gasteiger partial charge in [-0.15, -0.1) is 0 Å². The first kappa shape index (κ1) is 18.7. The monoisotopic (exact) mass is 509 g/mol. The maximum atomic E-state index is 13.3. The van der Waals surface area contributed by atoms with Gasteiger partial charge >= 0.3 is 0 Å². The molecule has 2 amide bonds. The number of nitrogens with zero attached hydrogens (tertiary/aromatic N) is 2. The zero-order chi connectivity index (χ0) is 19.3. The number of amidine groups is 1. The Balaban J connectivity index is 1.82. The van der Waals surface area contributed by atoms with Crippen molar-refractivity contribution in [1.29, 1.82) is 0 Å². The van der Waals surface area contributed by atoms with Crippen molar-refractivity contribution < 1.29 is 14.7 Å². The second kappa shape index (κ2) is 6.73. The van der Waals surface area contributed by atoms with Gasteiger partial charge in [0.1, 0.15) is 5.25 Å². The third-order valence-electron chi connectivity index (χ3n) is 4.58. The molecule has 2 aliphatic heterocycles. The molecule has 2 aromatic carbocycles. The van der Waals surface area contributed by atoms with E-state index in [4.69, 9.17) is 5.73 Å². The molecule has 2 atom stereocenters. The second-order valence-corrected chi connectivity index (χ2v) is 9.09. The summed E-state index contributed by atoms with van der Waals surface area (Å²) in [6.45, 7) is 0.249. The average Bonchev–Trinajstić information content (AvgIpc) is 3.07. The van der Waals surface area contributed by atoms with E-state index >= 15 is 0 Å². The van der Waals surface area contributed by atoms with Crippen molar-refractivity contribution in [2.24, 2.45) is 10.7 Å². The van der Waals surface area contributed by atoms with Crippen LogP contribution in [0, 0.1) is 0 Å². The van der Waals surface area contributed by atoms with E-state index in [0.717, 1.165) is 21.8 Å². The van der Waals surface area contributed by atoms with Gasteiger partial charge in [-0.05, 0) is 29.8 Å². The Morgan fingerprint density at radius 3 is 2.63 bits per heavy atom. The number of aliphatic imine (C=N–C) groups is 1. The van der Waals surface area contributed by atoms with Gasteiger partial charge in [0, 0.05) is 14.5 Å². The Labute approximate surface area is 176 Å². The zero-order valence-electron chi connectivity index (χ0n) is 13.7. The molecule has 9 heteroatoms. The fraction of sp³-hybridized carbons (Fsp3) is 0.167. The fourth-order valence-electron chi connectivity index (χ4n) is 3.32. The highest BCUT2D eigenvalue weighted by Gasteiger charge is 2.59. The number of thioether (sulfide) groups is 1. The first-order valence-electron chi connectivity index (χ1n) is 7.95. The van der Waals surface area contributed by atoms with Crippen LogP contribution in [-0.2, 0) is 21.7 Å². The van der Waals surface area contributed by atoms with E-state index in [2.05, 4.69) is 36.9 Å². The fourth-order valence-corrected chi connectivity index (χ4v) is 5.02. The lowest BCUT2D eigenvalue weighted by Gasteiger charge is -2.27. The molecule has 2 aromatic rings. The Hall–Kier alpha value is -1.68. The number of benzene rings is 2. The minimum absolute atomic E-state index is 0.0482. The van der Waals surface area contributed by atoms with Crippen LogP contribution in [0.25, 0.3) is 0 Å². The van der Waals surface area contributed by atoms with Crippen LogP contribution in [0.15, 0.2) is 56.4 Å². The number of rotatable bonds is 3. The quantitative estimate of drug-likeness (QED) is 0.661. The minimum Gasteiger partial charge on any atom is -0.378 e. The standard InChI is InChI=1S/C18H13Br2N3O3S/c19-10-5-6-13-11(7-10)18(26,14-15(24)22-17(21)27-14)16(25)23(13)8-9-3-1-2-4-12(9)20/h1-7,14,26H,8H2,(H2,21,22,24). The van der Waals surface area contributed by atoms with E-state index in [-0.39, 0.29) is 11.7 Å². The molecular weight excluding hydrogens is 498 g/mol. The van der Waals surface area contributed by atoms with Crippen LogP contribution in [0.4, 0.5) is 5.69 Å². The molecular formula is C18H13Br2N3O3S. The maximum absolute atomic E-state index is 13.3. The van der Waals surface area contributed by atoms with Crippen molar-refractivity contribution in [1.82, 2.24) is 0 Å². The predicted octanol–water partition coefficient (Wildman–Crippen LogP) is 2.90. The van der Waals surface area contributed by atoms with Gasteiger partial charge in [-0.3, -0.25) is 9.59 Å². The van der Waals surface area contributed by atoms with Gasteiger partial charge in [0.05, 0.1) is 12.2 Å². The largest absolute Gasteiger partial charge is 0.378 e. The molecule has 0 aromatic heterocycles. The van der Waals surface area contributed by atoms with Crippen molar-refractivity contribution in [2.45, 2.75) is 17.4 Å². The third-order valence-corrected chi connectivity index (χ3v) is 6.96. The molecule has 2 unspecified atom stereocenters. The van der Waals surface area contributed by atoms with Gasteiger partial charge in [-0.25, -0.2) is 0 Å². The van der Waals surface area contributed by atoms with Crippen molar-refractivity contribution in [2.75, 3.05) is 4.90 Å². The summed E-state index contributed by atoms with van der Waals surface area (Å²) in [6, 6.07) is 12.7. The number of fused-ring (bicyclic) bond motifs is 1. The number of nitrogens with two attached hydrogens (primary N) is 1.